The topological polar surface area (TPSA) is 41.1 Å². The van der Waals surface area contributed by atoms with Crippen molar-refractivity contribution in [3.8, 4) is 12.3 Å². The van der Waals surface area contributed by atoms with Gasteiger partial charge in [0.05, 0.1) is 0 Å². The second-order valence-corrected chi connectivity index (χ2v) is 2.93. The summed E-state index contributed by atoms with van der Waals surface area (Å²) in [4.78, 5) is 11.2. The summed E-state index contributed by atoms with van der Waals surface area (Å²) in [6.45, 7) is 0.248. The maximum Gasteiger partial charge on any atom is 0.319 e. The zero-order valence-electron chi connectivity index (χ0n) is 8.39. The van der Waals surface area contributed by atoms with Gasteiger partial charge in [-0.3, -0.25) is 0 Å². The first kappa shape index (κ1) is 12.0. The normalized spacial score (nSPS) is 9.31. The summed E-state index contributed by atoms with van der Waals surface area (Å²) in [7, 11) is 0. The molecule has 1 aromatic carbocycles. The van der Waals surface area contributed by atoms with Crippen LogP contribution in [0.5, 0.6) is 0 Å². The van der Waals surface area contributed by atoms with E-state index in [1.165, 1.54) is 6.07 Å². The number of hydrogen-bond acceptors (Lipinski definition) is 1. The number of terminal acetylenes is 1. The number of para-hydroxylation sites is 1. The highest BCUT2D eigenvalue weighted by Gasteiger charge is 2.10. The van der Waals surface area contributed by atoms with Crippen LogP contribution in [0.25, 0.3) is 0 Å². The maximum absolute atomic E-state index is 13.1. The molecule has 0 saturated carbocycles. The van der Waals surface area contributed by atoms with Crippen molar-refractivity contribution in [1.29, 1.82) is 0 Å². The summed E-state index contributed by atoms with van der Waals surface area (Å²) in [6.07, 6.45) is 5.33. The van der Waals surface area contributed by atoms with E-state index in [1.54, 1.807) is 0 Å². The predicted octanol–water partition coefficient (Wildman–Crippen LogP) is 2.11. The van der Waals surface area contributed by atoms with E-state index in [2.05, 4.69) is 16.6 Å². The minimum atomic E-state index is -0.827. The molecular weight excluding hydrogens is 214 g/mol. The van der Waals surface area contributed by atoms with E-state index in [9.17, 15) is 13.6 Å². The Hall–Kier alpha value is -2.09. The summed E-state index contributed by atoms with van der Waals surface area (Å²) in [5, 5.41) is 4.43. The molecule has 0 radical (unpaired) electrons. The van der Waals surface area contributed by atoms with Crippen LogP contribution in [0.3, 0.4) is 0 Å². The lowest BCUT2D eigenvalue weighted by molar-refractivity contribution is 0.252. The molecular formula is C11H10F2N2O. The van der Waals surface area contributed by atoms with Crippen molar-refractivity contribution in [3.05, 3.63) is 29.8 Å². The number of nitrogens with one attached hydrogen (secondary N) is 2. The molecule has 0 atom stereocenters. The molecule has 1 aromatic rings. The van der Waals surface area contributed by atoms with E-state index in [-0.39, 0.29) is 6.54 Å². The Morgan fingerprint density at radius 1 is 1.38 bits per heavy atom. The van der Waals surface area contributed by atoms with Crippen LogP contribution in [-0.2, 0) is 0 Å². The zero-order valence-corrected chi connectivity index (χ0v) is 8.39. The van der Waals surface area contributed by atoms with Crippen LogP contribution in [0.2, 0.25) is 0 Å². The van der Waals surface area contributed by atoms with Crippen molar-refractivity contribution in [3.63, 3.8) is 0 Å². The second-order valence-electron chi connectivity index (χ2n) is 2.93. The molecule has 16 heavy (non-hydrogen) atoms. The van der Waals surface area contributed by atoms with Crippen LogP contribution in [-0.4, -0.2) is 12.6 Å². The highest BCUT2D eigenvalue weighted by molar-refractivity contribution is 5.89. The first-order valence-corrected chi connectivity index (χ1v) is 4.57. The highest BCUT2D eigenvalue weighted by atomic mass is 19.1. The monoisotopic (exact) mass is 224 g/mol. The average Bonchev–Trinajstić information content (AvgIpc) is 2.24. The van der Waals surface area contributed by atoms with E-state index in [1.807, 2.05) is 0 Å². The van der Waals surface area contributed by atoms with Gasteiger partial charge in [-0.05, 0) is 12.1 Å². The third-order valence-corrected chi connectivity index (χ3v) is 1.76. The van der Waals surface area contributed by atoms with Gasteiger partial charge in [0.15, 0.2) is 0 Å². The first-order chi connectivity index (χ1) is 7.65. The van der Waals surface area contributed by atoms with E-state index < -0.39 is 23.4 Å². The average molecular weight is 224 g/mol. The van der Waals surface area contributed by atoms with Crippen LogP contribution in [0.15, 0.2) is 18.2 Å². The maximum atomic E-state index is 13.1. The number of rotatable bonds is 3. The number of anilines is 1. The van der Waals surface area contributed by atoms with Crippen LogP contribution >= 0.6 is 0 Å². The fourth-order valence-electron chi connectivity index (χ4n) is 1.02. The predicted molar refractivity (Wildman–Crippen MR) is 56.8 cm³/mol. The standard InChI is InChI=1S/C11H10F2N2O/c1-2-3-7-14-11(16)15-10-8(12)5-4-6-9(10)13/h1,4-6H,3,7H2,(H2,14,15,16). The molecule has 0 aromatic heterocycles. The Balaban J connectivity index is 2.60. The summed E-state index contributed by atoms with van der Waals surface area (Å²) in [5.74, 6) is 0.666. The molecule has 0 spiro atoms. The van der Waals surface area contributed by atoms with Crippen LogP contribution in [0.1, 0.15) is 6.42 Å². The van der Waals surface area contributed by atoms with Gasteiger partial charge >= 0.3 is 6.03 Å². The SMILES string of the molecule is C#CCCNC(=O)Nc1c(F)cccc1F. The molecule has 0 heterocycles. The Morgan fingerprint density at radius 2 is 2.00 bits per heavy atom. The number of halogens is 2. The summed E-state index contributed by atoms with van der Waals surface area (Å²) < 4.78 is 26.2. The molecule has 0 unspecified atom stereocenters. The summed E-state index contributed by atoms with van der Waals surface area (Å²) in [5.41, 5.74) is -0.472. The lowest BCUT2D eigenvalue weighted by atomic mass is 10.3. The number of amides is 2. The Kier molecular flexibility index (Phi) is 4.28. The molecule has 2 N–H and O–H groups in total. The van der Waals surface area contributed by atoms with Gasteiger partial charge in [-0.15, -0.1) is 12.3 Å². The van der Waals surface area contributed by atoms with Gasteiger partial charge in [0.1, 0.15) is 17.3 Å². The number of hydrogen-bond donors (Lipinski definition) is 2. The molecule has 0 aliphatic rings. The first-order valence-electron chi connectivity index (χ1n) is 4.57. The minimum absolute atomic E-state index is 0.248. The van der Waals surface area contributed by atoms with Crippen molar-refractivity contribution in [2.24, 2.45) is 0 Å². The van der Waals surface area contributed by atoms with Gasteiger partial charge < -0.3 is 10.6 Å². The van der Waals surface area contributed by atoms with Gasteiger partial charge in [0.25, 0.3) is 0 Å². The van der Waals surface area contributed by atoms with E-state index in [4.69, 9.17) is 6.42 Å². The molecule has 2 amide bonds. The molecule has 84 valence electrons. The van der Waals surface area contributed by atoms with Crippen LogP contribution in [0.4, 0.5) is 19.3 Å². The third kappa shape index (κ3) is 3.24. The van der Waals surface area contributed by atoms with Crippen molar-refractivity contribution in [2.75, 3.05) is 11.9 Å². The van der Waals surface area contributed by atoms with E-state index >= 15 is 0 Å². The molecule has 5 heteroatoms. The number of urea groups is 1. The number of benzene rings is 1. The minimum Gasteiger partial charge on any atom is -0.337 e. The molecule has 1 rings (SSSR count). The molecule has 0 aliphatic heterocycles. The zero-order chi connectivity index (χ0) is 12.0. The largest absolute Gasteiger partial charge is 0.337 e. The lowest BCUT2D eigenvalue weighted by Crippen LogP contribution is -2.30. The van der Waals surface area contributed by atoms with Crippen LogP contribution in [0, 0.1) is 24.0 Å². The number of carbonyl (C=O) groups is 1. The molecule has 0 fully saturated rings. The van der Waals surface area contributed by atoms with Gasteiger partial charge in [0, 0.05) is 13.0 Å². The summed E-state index contributed by atoms with van der Waals surface area (Å²) >= 11 is 0. The van der Waals surface area contributed by atoms with Crippen molar-refractivity contribution < 1.29 is 13.6 Å². The fourth-order valence-corrected chi connectivity index (χ4v) is 1.02. The van der Waals surface area contributed by atoms with E-state index in [0.29, 0.717) is 6.42 Å². The number of carbonyl (C=O) groups excluding carboxylic acids is 1. The van der Waals surface area contributed by atoms with Crippen molar-refractivity contribution in [2.45, 2.75) is 6.42 Å². The van der Waals surface area contributed by atoms with Gasteiger partial charge in [-0.1, -0.05) is 6.07 Å². The smallest absolute Gasteiger partial charge is 0.319 e. The Bertz CT molecular complexity index is 406. The Morgan fingerprint density at radius 3 is 2.56 bits per heavy atom. The lowest BCUT2D eigenvalue weighted by Gasteiger charge is -2.07. The van der Waals surface area contributed by atoms with Crippen LogP contribution < -0.4 is 10.6 Å². The Labute approximate surface area is 91.8 Å². The molecule has 0 bridgehead atoms. The summed E-state index contributed by atoms with van der Waals surface area (Å²) in [6, 6.07) is 2.63. The quantitative estimate of drug-likeness (QED) is 0.599. The van der Waals surface area contributed by atoms with Gasteiger partial charge in [0.2, 0.25) is 0 Å². The second kappa shape index (κ2) is 5.71. The molecule has 0 saturated heterocycles. The van der Waals surface area contributed by atoms with Gasteiger partial charge in [-0.25, -0.2) is 13.6 Å². The fraction of sp³-hybridized carbons (Fsp3) is 0.182. The van der Waals surface area contributed by atoms with Crippen molar-refractivity contribution >= 4 is 11.7 Å². The van der Waals surface area contributed by atoms with Gasteiger partial charge in [-0.2, -0.15) is 0 Å². The van der Waals surface area contributed by atoms with Crippen molar-refractivity contribution in [1.82, 2.24) is 5.32 Å². The third-order valence-electron chi connectivity index (χ3n) is 1.76. The highest BCUT2D eigenvalue weighted by Crippen LogP contribution is 2.17. The van der Waals surface area contributed by atoms with E-state index in [0.717, 1.165) is 12.1 Å². The molecule has 0 aliphatic carbocycles. The molecule has 3 nitrogen and oxygen atoms in total.